The van der Waals surface area contributed by atoms with Crippen molar-refractivity contribution in [2.75, 3.05) is 13.2 Å². The zero-order valence-corrected chi connectivity index (χ0v) is 13.3. The van der Waals surface area contributed by atoms with Crippen molar-refractivity contribution in [1.82, 2.24) is 4.90 Å². The fourth-order valence-electron chi connectivity index (χ4n) is 3.18. The number of rotatable bonds is 2. The van der Waals surface area contributed by atoms with E-state index in [1.54, 1.807) is 11.8 Å². The molecule has 2 aliphatic rings. The summed E-state index contributed by atoms with van der Waals surface area (Å²) >= 11 is 7.45. The number of hydrogen-bond acceptors (Lipinski definition) is 3. The Bertz CT molecular complexity index is 457. The monoisotopic (exact) mass is 307 g/mol. The average Bonchev–Trinajstić information content (AvgIpc) is 2.90. The van der Waals surface area contributed by atoms with Gasteiger partial charge in [-0.1, -0.05) is 60.7 Å². The van der Waals surface area contributed by atoms with E-state index in [1.165, 1.54) is 24.8 Å². The van der Waals surface area contributed by atoms with Gasteiger partial charge in [0.05, 0.1) is 6.61 Å². The van der Waals surface area contributed by atoms with Gasteiger partial charge >= 0.3 is 0 Å². The lowest BCUT2D eigenvalue weighted by molar-refractivity contribution is -0.0792. The fraction of sp³-hybridized carbons (Fsp3) is 0.562. The highest BCUT2D eigenvalue weighted by Gasteiger charge is 2.44. The van der Waals surface area contributed by atoms with Gasteiger partial charge in [-0.2, -0.15) is 0 Å². The Morgan fingerprint density at radius 2 is 1.95 bits per heavy atom. The summed E-state index contributed by atoms with van der Waals surface area (Å²) in [7, 11) is 0. The molecule has 4 heteroatoms. The Labute approximate surface area is 130 Å². The van der Waals surface area contributed by atoms with Gasteiger partial charge in [0.25, 0.3) is 0 Å². The molecular weight excluding hydrogens is 286 g/mol. The maximum absolute atomic E-state index is 6.09. The molecule has 108 valence electrons. The number of hydrogen-bond donors (Lipinski definition) is 0. The molecule has 1 aliphatic carbocycles. The third-order valence-corrected chi connectivity index (χ3v) is 5.76. The van der Waals surface area contributed by atoms with Gasteiger partial charge in [0.2, 0.25) is 0 Å². The standard InChI is InChI=1S/C16H21NOS2/c19-15(20-13-14-7-3-1-4-8-14)17-11-12-18-16(17)9-5-2-6-10-16/h1,3-4,7-8H,2,5-6,9-13H2. The van der Waals surface area contributed by atoms with Crippen LogP contribution in [0.1, 0.15) is 37.7 Å². The lowest BCUT2D eigenvalue weighted by Gasteiger charge is -2.41. The van der Waals surface area contributed by atoms with Crippen LogP contribution in [-0.2, 0) is 10.5 Å². The van der Waals surface area contributed by atoms with E-state index in [2.05, 4.69) is 35.2 Å². The average molecular weight is 307 g/mol. The molecule has 1 aliphatic heterocycles. The summed E-state index contributed by atoms with van der Waals surface area (Å²) in [5, 5.41) is 0. The van der Waals surface area contributed by atoms with Crippen LogP contribution in [0.4, 0.5) is 0 Å². The molecule has 0 N–H and O–H groups in total. The molecule has 0 bridgehead atoms. The minimum absolute atomic E-state index is 0.0704. The van der Waals surface area contributed by atoms with Crippen molar-refractivity contribution >= 4 is 28.3 Å². The fourth-order valence-corrected chi connectivity index (χ4v) is 4.51. The lowest BCUT2D eigenvalue weighted by Crippen LogP contribution is -2.48. The van der Waals surface area contributed by atoms with Crippen LogP contribution < -0.4 is 0 Å². The minimum atomic E-state index is -0.0704. The Kier molecular flexibility index (Phi) is 4.64. The first-order valence-electron chi connectivity index (χ1n) is 7.42. The highest BCUT2D eigenvalue weighted by Crippen LogP contribution is 2.39. The molecule has 1 spiro atoms. The van der Waals surface area contributed by atoms with Gasteiger partial charge in [0.1, 0.15) is 10.0 Å². The van der Waals surface area contributed by atoms with Gasteiger partial charge in [0.15, 0.2) is 0 Å². The summed E-state index contributed by atoms with van der Waals surface area (Å²) in [5.74, 6) is 0.951. The van der Waals surface area contributed by atoms with Gasteiger partial charge in [0, 0.05) is 12.3 Å². The first-order chi connectivity index (χ1) is 9.80. The maximum atomic E-state index is 6.09. The zero-order chi connectivity index (χ0) is 13.8. The van der Waals surface area contributed by atoms with Crippen molar-refractivity contribution in [1.29, 1.82) is 0 Å². The molecule has 0 atom stereocenters. The van der Waals surface area contributed by atoms with Crippen molar-refractivity contribution in [2.24, 2.45) is 0 Å². The first kappa shape index (κ1) is 14.4. The van der Waals surface area contributed by atoms with Crippen molar-refractivity contribution in [3.05, 3.63) is 35.9 Å². The number of ether oxygens (including phenoxy) is 1. The van der Waals surface area contributed by atoms with Crippen LogP contribution in [0.25, 0.3) is 0 Å². The third-order valence-electron chi connectivity index (χ3n) is 4.24. The molecular formula is C16H21NOS2. The summed E-state index contributed by atoms with van der Waals surface area (Å²) < 4.78 is 7.10. The van der Waals surface area contributed by atoms with Crippen LogP contribution in [0.15, 0.2) is 30.3 Å². The number of thiocarbonyl (C=S) groups is 1. The van der Waals surface area contributed by atoms with E-state index in [-0.39, 0.29) is 5.72 Å². The van der Waals surface area contributed by atoms with Gasteiger partial charge < -0.3 is 9.64 Å². The van der Waals surface area contributed by atoms with E-state index in [4.69, 9.17) is 17.0 Å². The Morgan fingerprint density at radius 1 is 1.20 bits per heavy atom. The topological polar surface area (TPSA) is 12.5 Å². The Balaban J connectivity index is 1.61. The van der Waals surface area contributed by atoms with E-state index in [0.29, 0.717) is 0 Å². The molecule has 2 fully saturated rings. The molecule has 0 unspecified atom stereocenters. The van der Waals surface area contributed by atoms with Gasteiger partial charge in [-0.05, 0) is 31.2 Å². The van der Waals surface area contributed by atoms with Gasteiger partial charge in [-0.15, -0.1) is 0 Å². The van der Waals surface area contributed by atoms with E-state index >= 15 is 0 Å². The van der Waals surface area contributed by atoms with E-state index in [1.807, 2.05) is 0 Å². The zero-order valence-electron chi connectivity index (χ0n) is 11.7. The molecule has 1 aromatic rings. The molecule has 1 saturated carbocycles. The second kappa shape index (κ2) is 6.46. The van der Waals surface area contributed by atoms with Crippen LogP contribution in [0.3, 0.4) is 0 Å². The van der Waals surface area contributed by atoms with Crippen LogP contribution in [0.5, 0.6) is 0 Å². The van der Waals surface area contributed by atoms with Gasteiger partial charge in [-0.25, -0.2) is 0 Å². The van der Waals surface area contributed by atoms with E-state index < -0.39 is 0 Å². The largest absolute Gasteiger partial charge is 0.354 e. The molecule has 2 nitrogen and oxygen atoms in total. The Morgan fingerprint density at radius 3 is 2.70 bits per heavy atom. The molecule has 0 radical (unpaired) electrons. The van der Waals surface area contributed by atoms with E-state index in [9.17, 15) is 0 Å². The lowest BCUT2D eigenvalue weighted by atomic mass is 9.91. The van der Waals surface area contributed by atoms with Crippen LogP contribution in [0, 0.1) is 0 Å². The van der Waals surface area contributed by atoms with Crippen molar-refractivity contribution < 1.29 is 4.74 Å². The smallest absolute Gasteiger partial charge is 0.142 e. The number of nitrogens with zero attached hydrogens (tertiary/aromatic N) is 1. The molecule has 0 aromatic heterocycles. The van der Waals surface area contributed by atoms with Crippen molar-refractivity contribution in [3.63, 3.8) is 0 Å². The molecule has 1 heterocycles. The van der Waals surface area contributed by atoms with E-state index in [0.717, 1.165) is 36.1 Å². The summed E-state index contributed by atoms with van der Waals surface area (Å²) in [6.45, 7) is 1.78. The minimum Gasteiger partial charge on any atom is -0.354 e. The highest BCUT2D eigenvalue weighted by molar-refractivity contribution is 8.22. The quantitative estimate of drug-likeness (QED) is 0.759. The summed E-state index contributed by atoms with van der Waals surface area (Å²) in [6, 6.07) is 10.5. The summed E-state index contributed by atoms with van der Waals surface area (Å²) in [4.78, 5) is 2.36. The second-order valence-electron chi connectivity index (χ2n) is 5.55. The molecule has 1 aromatic carbocycles. The number of thioether (sulfide) groups is 1. The van der Waals surface area contributed by atoms with Crippen LogP contribution >= 0.6 is 24.0 Å². The molecule has 0 amide bonds. The second-order valence-corrected chi connectivity index (χ2v) is 7.16. The van der Waals surface area contributed by atoms with Crippen molar-refractivity contribution in [2.45, 2.75) is 43.6 Å². The highest BCUT2D eigenvalue weighted by atomic mass is 32.2. The third kappa shape index (κ3) is 3.02. The van der Waals surface area contributed by atoms with Crippen LogP contribution in [0.2, 0.25) is 0 Å². The van der Waals surface area contributed by atoms with Crippen molar-refractivity contribution in [3.8, 4) is 0 Å². The van der Waals surface area contributed by atoms with Gasteiger partial charge in [-0.3, -0.25) is 0 Å². The molecule has 1 saturated heterocycles. The number of benzene rings is 1. The Hall–Kier alpha value is -0.580. The summed E-state index contributed by atoms with van der Waals surface area (Å²) in [5.41, 5.74) is 1.26. The molecule has 20 heavy (non-hydrogen) atoms. The first-order valence-corrected chi connectivity index (χ1v) is 8.82. The SMILES string of the molecule is S=C(SCc1ccccc1)N1CCOC12CCCCC2. The summed E-state index contributed by atoms with van der Waals surface area (Å²) in [6.07, 6.45) is 6.14. The van der Waals surface area contributed by atoms with Crippen LogP contribution in [-0.4, -0.2) is 28.1 Å². The predicted molar refractivity (Wildman–Crippen MR) is 88.8 cm³/mol. The normalized spacial score (nSPS) is 21.3. The maximum Gasteiger partial charge on any atom is 0.142 e. The predicted octanol–water partition coefficient (Wildman–Crippen LogP) is 4.20. The molecule has 3 rings (SSSR count).